The quantitative estimate of drug-likeness (QED) is 0.716. The maximum absolute atomic E-state index is 4.59. The van der Waals surface area contributed by atoms with Gasteiger partial charge in [0.1, 0.15) is 16.4 Å². The van der Waals surface area contributed by atoms with Gasteiger partial charge in [-0.1, -0.05) is 28.1 Å². The zero-order valence-electron chi connectivity index (χ0n) is 9.25. The van der Waals surface area contributed by atoms with Gasteiger partial charge in [0, 0.05) is 27.8 Å². The summed E-state index contributed by atoms with van der Waals surface area (Å²) in [5.41, 5.74) is 2.77. The highest BCUT2D eigenvalue weighted by Crippen LogP contribution is 2.29. The van der Waals surface area contributed by atoms with Crippen LogP contribution in [0, 0.1) is 0 Å². The molecular weight excluding hydrogens is 310 g/mol. The Bertz CT molecular complexity index is 667. The Kier molecular flexibility index (Phi) is 3.17. The number of hydrogen-bond donors (Lipinski definition) is 0. The molecule has 0 unspecified atom stereocenters. The zero-order chi connectivity index (χ0) is 12.4. The highest BCUT2D eigenvalue weighted by molar-refractivity contribution is 9.10. The monoisotopic (exact) mass is 317 g/mol. The third kappa shape index (κ3) is 2.32. The number of nitrogens with zero attached hydrogens (tertiary/aromatic N) is 3. The number of rotatable bonds is 2. The lowest BCUT2D eigenvalue weighted by Gasteiger charge is -1.96. The van der Waals surface area contributed by atoms with Crippen LogP contribution in [0.5, 0.6) is 0 Å². The first-order valence-corrected chi connectivity index (χ1v) is 6.98. The van der Waals surface area contributed by atoms with Crippen molar-refractivity contribution in [3.8, 4) is 22.0 Å². The Morgan fingerprint density at radius 2 is 2.06 bits per heavy atom. The van der Waals surface area contributed by atoms with Crippen molar-refractivity contribution in [3.63, 3.8) is 0 Å². The van der Waals surface area contributed by atoms with Gasteiger partial charge in [-0.05, 0) is 12.1 Å². The molecule has 0 aliphatic carbocycles. The van der Waals surface area contributed by atoms with Crippen LogP contribution in [0.15, 0.2) is 52.7 Å². The summed E-state index contributed by atoms with van der Waals surface area (Å²) in [5.74, 6) is 0. The van der Waals surface area contributed by atoms with Gasteiger partial charge in [0.15, 0.2) is 0 Å². The van der Waals surface area contributed by atoms with Crippen LogP contribution in [0.25, 0.3) is 22.0 Å². The lowest BCUT2D eigenvalue weighted by Crippen LogP contribution is -1.84. The molecule has 0 N–H and O–H groups in total. The van der Waals surface area contributed by atoms with Crippen molar-refractivity contribution in [3.05, 3.63) is 52.7 Å². The molecule has 0 atom stereocenters. The molecule has 1 aromatic carbocycles. The fourth-order valence-corrected chi connectivity index (χ4v) is 2.79. The van der Waals surface area contributed by atoms with Gasteiger partial charge in [0.25, 0.3) is 0 Å². The molecule has 2 heterocycles. The van der Waals surface area contributed by atoms with E-state index in [2.05, 4.69) is 36.9 Å². The molecule has 5 heteroatoms. The Hall–Kier alpha value is -1.59. The van der Waals surface area contributed by atoms with Gasteiger partial charge in [-0.25, -0.2) is 4.98 Å². The average molecular weight is 318 g/mol. The molecule has 3 nitrogen and oxygen atoms in total. The first-order valence-electron chi connectivity index (χ1n) is 5.31. The van der Waals surface area contributed by atoms with Crippen LogP contribution >= 0.6 is 27.3 Å². The van der Waals surface area contributed by atoms with E-state index < -0.39 is 0 Å². The molecule has 0 saturated heterocycles. The van der Waals surface area contributed by atoms with Gasteiger partial charge >= 0.3 is 0 Å². The molecule has 0 fully saturated rings. The van der Waals surface area contributed by atoms with E-state index in [-0.39, 0.29) is 0 Å². The maximum Gasteiger partial charge on any atom is 0.124 e. The minimum Gasteiger partial charge on any atom is -0.261 e. The van der Waals surface area contributed by atoms with Crippen LogP contribution in [-0.2, 0) is 0 Å². The average Bonchev–Trinajstić information content (AvgIpc) is 2.89. The van der Waals surface area contributed by atoms with Crippen LogP contribution in [-0.4, -0.2) is 15.0 Å². The summed E-state index contributed by atoms with van der Waals surface area (Å²) < 4.78 is 1.05. The number of aromatic nitrogens is 3. The smallest absolute Gasteiger partial charge is 0.124 e. The van der Waals surface area contributed by atoms with E-state index in [1.54, 1.807) is 29.9 Å². The molecule has 0 bridgehead atoms. The van der Waals surface area contributed by atoms with Gasteiger partial charge in [-0.2, -0.15) is 0 Å². The molecule has 0 aliphatic rings. The summed E-state index contributed by atoms with van der Waals surface area (Å²) in [5, 5.41) is 2.98. The van der Waals surface area contributed by atoms with Gasteiger partial charge in [0.2, 0.25) is 0 Å². The van der Waals surface area contributed by atoms with Crippen LogP contribution in [0.3, 0.4) is 0 Å². The highest BCUT2D eigenvalue weighted by atomic mass is 79.9. The van der Waals surface area contributed by atoms with Gasteiger partial charge < -0.3 is 0 Å². The second-order valence-electron chi connectivity index (χ2n) is 3.64. The van der Waals surface area contributed by atoms with E-state index in [1.807, 2.05) is 23.6 Å². The Balaban J connectivity index is 2.00. The molecule has 18 heavy (non-hydrogen) atoms. The first kappa shape index (κ1) is 11.5. The van der Waals surface area contributed by atoms with Gasteiger partial charge in [0.05, 0.1) is 6.20 Å². The summed E-state index contributed by atoms with van der Waals surface area (Å²) in [6, 6.07) is 8.10. The number of benzene rings is 1. The standard InChI is InChI=1S/C13H8BrN3S/c14-10-3-1-2-9(6-10)13-17-12(8-18-13)11-7-15-4-5-16-11/h1-8H. The SMILES string of the molecule is Brc1cccc(-c2nc(-c3cnccn3)cs2)c1. The lowest BCUT2D eigenvalue weighted by molar-refractivity contribution is 1.19. The molecular formula is C13H8BrN3S. The van der Waals surface area contributed by atoms with E-state index in [0.717, 1.165) is 26.4 Å². The fourth-order valence-electron chi connectivity index (χ4n) is 1.58. The Morgan fingerprint density at radius 3 is 2.83 bits per heavy atom. The van der Waals surface area contributed by atoms with E-state index in [0.29, 0.717) is 0 Å². The minimum atomic E-state index is 0.801. The van der Waals surface area contributed by atoms with Crippen molar-refractivity contribution in [2.75, 3.05) is 0 Å². The summed E-state index contributed by atoms with van der Waals surface area (Å²) in [6.07, 6.45) is 5.05. The Morgan fingerprint density at radius 1 is 1.11 bits per heavy atom. The summed E-state index contributed by atoms with van der Waals surface area (Å²) >= 11 is 5.07. The van der Waals surface area contributed by atoms with E-state index in [4.69, 9.17) is 0 Å². The van der Waals surface area contributed by atoms with Gasteiger partial charge in [-0.3, -0.25) is 9.97 Å². The van der Waals surface area contributed by atoms with Crippen molar-refractivity contribution >= 4 is 27.3 Å². The second kappa shape index (κ2) is 4.96. The van der Waals surface area contributed by atoms with Crippen LogP contribution in [0.1, 0.15) is 0 Å². The Labute approximate surface area is 117 Å². The van der Waals surface area contributed by atoms with Crippen molar-refractivity contribution in [1.29, 1.82) is 0 Å². The number of halogens is 1. The van der Waals surface area contributed by atoms with Crippen LogP contribution < -0.4 is 0 Å². The highest BCUT2D eigenvalue weighted by Gasteiger charge is 2.07. The molecule has 0 spiro atoms. The van der Waals surface area contributed by atoms with E-state index in [1.165, 1.54) is 0 Å². The number of hydrogen-bond acceptors (Lipinski definition) is 4. The van der Waals surface area contributed by atoms with E-state index >= 15 is 0 Å². The topological polar surface area (TPSA) is 38.7 Å². The van der Waals surface area contributed by atoms with E-state index in [9.17, 15) is 0 Å². The summed E-state index contributed by atoms with van der Waals surface area (Å²) in [4.78, 5) is 12.9. The lowest BCUT2D eigenvalue weighted by atomic mass is 10.2. The van der Waals surface area contributed by atoms with Crippen molar-refractivity contribution in [2.45, 2.75) is 0 Å². The molecule has 0 saturated carbocycles. The predicted octanol–water partition coefficient (Wildman–Crippen LogP) is 4.03. The molecule has 0 aliphatic heterocycles. The predicted molar refractivity (Wildman–Crippen MR) is 76.3 cm³/mol. The first-order chi connectivity index (χ1) is 8.83. The van der Waals surface area contributed by atoms with Crippen molar-refractivity contribution in [2.24, 2.45) is 0 Å². The second-order valence-corrected chi connectivity index (χ2v) is 5.41. The summed E-state index contributed by atoms with van der Waals surface area (Å²) in [7, 11) is 0. The molecule has 88 valence electrons. The largest absolute Gasteiger partial charge is 0.261 e. The zero-order valence-corrected chi connectivity index (χ0v) is 11.6. The molecule has 0 amide bonds. The van der Waals surface area contributed by atoms with Crippen LogP contribution in [0.4, 0.5) is 0 Å². The third-order valence-corrected chi connectivity index (χ3v) is 3.79. The maximum atomic E-state index is 4.59. The van der Waals surface area contributed by atoms with Crippen LogP contribution in [0.2, 0.25) is 0 Å². The van der Waals surface area contributed by atoms with Crippen molar-refractivity contribution < 1.29 is 0 Å². The summed E-state index contributed by atoms with van der Waals surface area (Å²) in [6.45, 7) is 0. The van der Waals surface area contributed by atoms with Crippen molar-refractivity contribution in [1.82, 2.24) is 15.0 Å². The minimum absolute atomic E-state index is 0.801. The fraction of sp³-hybridized carbons (Fsp3) is 0. The number of thiazole rings is 1. The molecule has 0 radical (unpaired) electrons. The molecule has 3 aromatic rings. The van der Waals surface area contributed by atoms with Gasteiger partial charge in [-0.15, -0.1) is 11.3 Å². The molecule has 3 rings (SSSR count). The normalized spacial score (nSPS) is 10.5. The molecule has 2 aromatic heterocycles. The third-order valence-electron chi connectivity index (χ3n) is 2.40.